The Labute approximate surface area is 145 Å². The Balaban J connectivity index is 3.60. The first-order valence-corrected chi connectivity index (χ1v) is 9.94. The zero-order valence-electron chi connectivity index (χ0n) is 16.0. The van der Waals surface area contributed by atoms with Gasteiger partial charge in [-0.25, -0.2) is 0 Å². The number of aliphatic hydroxyl groups is 1. The van der Waals surface area contributed by atoms with Gasteiger partial charge in [0.1, 0.15) is 0 Å². The number of ether oxygens (including phenoxy) is 2. The van der Waals surface area contributed by atoms with E-state index in [1.807, 2.05) is 14.2 Å². The first kappa shape index (κ1) is 22.9. The summed E-state index contributed by atoms with van der Waals surface area (Å²) in [6, 6.07) is 0. The summed E-state index contributed by atoms with van der Waals surface area (Å²) < 4.78 is 11.3. The van der Waals surface area contributed by atoms with Crippen LogP contribution in [0, 0.1) is 0 Å². The van der Waals surface area contributed by atoms with E-state index in [0.717, 1.165) is 19.3 Å². The summed E-state index contributed by atoms with van der Waals surface area (Å²) in [6.07, 6.45) is 17.9. The predicted molar refractivity (Wildman–Crippen MR) is 99.0 cm³/mol. The highest BCUT2D eigenvalue weighted by Gasteiger charge is 2.12. The molecule has 0 aromatic rings. The summed E-state index contributed by atoms with van der Waals surface area (Å²) >= 11 is 0. The van der Waals surface area contributed by atoms with Crippen molar-refractivity contribution in [2.75, 3.05) is 20.8 Å². The molecule has 2 unspecified atom stereocenters. The molecule has 0 saturated heterocycles. The van der Waals surface area contributed by atoms with Crippen molar-refractivity contribution in [3.05, 3.63) is 0 Å². The fourth-order valence-corrected chi connectivity index (χ4v) is 3.12. The van der Waals surface area contributed by atoms with Crippen LogP contribution in [0.5, 0.6) is 0 Å². The van der Waals surface area contributed by atoms with Crippen LogP contribution in [0.1, 0.15) is 96.8 Å². The molecule has 0 heterocycles. The van der Waals surface area contributed by atoms with Gasteiger partial charge >= 0.3 is 0 Å². The van der Waals surface area contributed by atoms with Gasteiger partial charge in [-0.05, 0) is 32.1 Å². The number of methoxy groups -OCH3 is 2. The third-order valence-corrected chi connectivity index (χ3v) is 4.79. The lowest BCUT2D eigenvalue weighted by molar-refractivity contribution is 0.0446. The summed E-state index contributed by atoms with van der Waals surface area (Å²) in [5, 5.41) is 8.74. The lowest BCUT2D eigenvalue weighted by Gasteiger charge is -2.20. The average Bonchev–Trinajstić information content (AvgIpc) is 2.58. The topological polar surface area (TPSA) is 38.7 Å². The normalized spacial score (nSPS) is 14.1. The Bertz CT molecular complexity index is 221. The predicted octanol–water partition coefficient (Wildman–Crippen LogP) is 5.49. The highest BCUT2D eigenvalue weighted by atomic mass is 16.5. The number of hydrogen-bond acceptors (Lipinski definition) is 3. The fourth-order valence-electron chi connectivity index (χ4n) is 3.12. The summed E-state index contributed by atoms with van der Waals surface area (Å²) in [4.78, 5) is 0. The van der Waals surface area contributed by atoms with Crippen molar-refractivity contribution in [1.82, 2.24) is 0 Å². The van der Waals surface area contributed by atoms with Crippen LogP contribution in [0.4, 0.5) is 0 Å². The molecule has 3 nitrogen and oxygen atoms in total. The molecule has 3 heteroatoms. The van der Waals surface area contributed by atoms with Crippen LogP contribution in [0.25, 0.3) is 0 Å². The van der Waals surface area contributed by atoms with Gasteiger partial charge in [-0.3, -0.25) is 0 Å². The summed E-state index contributed by atoms with van der Waals surface area (Å²) in [5.41, 5.74) is 0. The summed E-state index contributed by atoms with van der Waals surface area (Å²) in [7, 11) is 3.69. The molecule has 0 saturated carbocycles. The number of aliphatic hydroxyl groups excluding tert-OH is 1. The SMILES string of the molecule is CCCCCC(CCC(CCCCCCCCCO)OC)OC. The van der Waals surface area contributed by atoms with Crippen molar-refractivity contribution in [1.29, 1.82) is 0 Å². The van der Waals surface area contributed by atoms with Gasteiger partial charge in [0.15, 0.2) is 0 Å². The maximum Gasteiger partial charge on any atom is 0.0572 e. The van der Waals surface area contributed by atoms with E-state index in [2.05, 4.69) is 6.92 Å². The van der Waals surface area contributed by atoms with Crippen molar-refractivity contribution in [3.8, 4) is 0 Å². The van der Waals surface area contributed by atoms with E-state index in [9.17, 15) is 0 Å². The molecule has 0 aromatic carbocycles. The first-order chi connectivity index (χ1) is 11.3. The minimum Gasteiger partial charge on any atom is -0.396 e. The average molecular weight is 331 g/mol. The molecule has 23 heavy (non-hydrogen) atoms. The van der Waals surface area contributed by atoms with Crippen LogP contribution in [0.3, 0.4) is 0 Å². The Morgan fingerprint density at radius 1 is 0.609 bits per heavy atom. The van der Waals surface area contributed by atoms with Gasteiger partial charge in [0, 0.05) is 20.8 Å². The van der Waals surface area contributed by atoms with Gasteiger partial charge in [-0.2, -0.15) is 0 Å². The third kappa shape index (κ3) is 15.2. The maximum atomic E-state index is 8.74. The third-order valence-electron chi connectivity index (χ3n) is 4.79. The highest BCUT2D eigenvalue weighted by Crippen LogP contribution is 2.18. The van der Waals surface area contributed by atoms with Crippen molar-refractivity contribution >= 4 is 0 Å². The Kier molecular flexibility index (Phi) is 18.1. The van der Waals surface area contributed by atoms with E-state index in [0.29, 0.717) is 18.8 Å². The molecule has 0 aliphatic carbocycles. The monoisotopic (exact) mass is 330 g/mol. The largest absolute Gasteiger partial charge is 0.396 e. The molecule has 2 atom stereocenters. The van der Waals surface area contributed by atoms with Crippen molar-refractivity contribution in [2.24, 2.45) is 0 Å². The maximum absolute atomic E-state index is 8.74. The number of unbranched alkanes of at least 4 members (excludes halogenated alkanes) is 8. The minimum atomic E-state index is 0.344. The first-order valence-electron chi connectivity index (χ1n) is 9.94. The van der Waals surface area contributed by atoms with Crippen molar-refractivity contribution in [3.63, 3.8) is 0 Å². The van der Waals surface area contributed by atoms with Gasteiger partial charge < -0.3 is 14.6 Å². The second-order valence-electron chi connectivity index (χ2n) is 6.78. The second kappa shape index (κ2) is 18.2. The van der Waals surface area contributed by atoms with E-state index in [-0.39, 0.29) is 0 Å². The molecule has 0 spiro atoms. The van der Waals surface area contributed by atoms with Gasteiger partial charge in [-0.1, -0.05) is 64.7 Å². The summed E-state index contributed by atoms with van der Waals surface area (Å²) in [5.74, 6) is 0. The Morgan fingerprint density at radius 2 is 1.04 bits per heavy atom. The molecule has 140 valence electrons. The van der Waals surface area contributed by atoms with Gasteiger partial charge in [0.05, 0.1) is 12.2 Å². The molecule has 0 radical (unpaired) electrons. The molecule has 0 rings (SSSR count). The van der Waals surface area contributed by atoms with Crippen LogP contribution in [-0.4, -0.2) is 38.1 Å². The van der Waals surface area contributed by atoms with Crippen LogP contribution < -0.4 is 0 Å². The molecule has 0 aliphatic rings. The molecule has 0 amide bonds. The van der Waals surface area contributed by atoms with E-state index >= 15 is 0 Å². The summed E-state index contributed by atoms with van der Waals surface area (Å²) in [6.45, 7) is 2.59. The highest BCUT2D eigenvalue weighted by molar-refractivity contribution is 4.65. The van der Waals surface area contributed by atoms with Gasteiger partial charge in [0.2, 0.25) is 0 Å². The Hall–Kier alpha value is -0.120. The van der Waals surface area contributed by atoms with Crippen molar-refractivity contribution < 1.29 is 14.6 Å². The molecule has 0 fully saturated rings. The van der Waals surface area contributed by atoms with E-state index in [4.69, 9.17) is 14.6 Å². The lowest BCUT2D eigenvalue weighted by atomic mass is 10.00. The molecule has 1 N–H and O–H groups in total. The van der Waals surface area contributed by atoms with E-state index in [1.165, 1.54) is 70.6 Å². The Morgan fingerprint density at radius 3 is 1.48 bits per heavy atom. The van der Waals surface area contributed by atoms with Crippen LogP contribution in [0.15, 0.2) is 0 Å². The van der Waals surface area contributed by atoms with Gasteiger partial charge in [-0.15, -0.1) is 0 Å². The quantitative estimate of drug-likeness (QED) is 0.338. The standard InChI is InChI=1S/C20H42O3/c1-4-5-11-14-19(22-2)16-17-20(23-3)15-12-9-7-6-8-10-13-18-21/h19-21H,4-18H2,1-3H3. The van der Waals surface area contributed by atoms with E-state index < -0.39 is 0 Å². The minimum absolute atomic E-state index is 0.344. The second-order valence-corrected chi connectivity index (χ2v) is 6.78. The molecule has 0 aliphatic heterocycles. The van der Waals surface area contributed by atoms with E-state index in [1.54, 1.807) is 0 Å². The van der Waals surface area contributed by atoms with Crippen LogP contribution in [-0.2, 0) is 9.47 Å². The molecular formula is C20H42O3. The van der Waals surface area contributed by atoms with Crippen LogP contribution >= 0.6 is 0 Å². The smallest absolute Gasteiger partial charge is 0.0572 e. The number of rotatable bonds is 18. The zero-order valence-corrected chi connectivity index (χ0v) is 16.0. The lowest BCUT2D eigenvalue weighted by Crippen LogP contribution is -2.17. The molecule has 0 bridgehead atoms. The van der Waals surface area contributed by atoms with Gasteiger partial charge in [0.25, 0.3) is 0 Å². The zero-order chi connectivity index (χ0) is 17.2. The fraction of sp³-hybridized carbons (Fsp3) is 1.00. The van der Waals surface area contributed by atoms with Crippen molar-refractivity contribution in [2.45, 2.75) is 109 Å². The molecular weight excluding hydrogens is 288 g/mol. The number of hydrogen-bond donors (Lipinski definition) is 1. The van der Waals surface area contributed by atoms with Crippen LogP contribution in [0.2, 0.25) is 0 Å². The molecule has 0 aromatic heterocycles.